The summed E-state index contributed by atoms with van der Waals surface area (Å²) in [5, 5.41) is 4.64. The molecule has 2 fully saturated rings. The van der Waals surface area contributed by atoms with Gasteiger partial charge in [-0.05, 0) is 36.1 Å². The lowest BCUT2D eigenvalue weighted by Gasteiger charge is -2.20. The second kappa shape index (κ2) is 9.02. The predicted molar refractivity (Wildman–Crippen MR) is 127 cm³/mol. The van der Waals surface area contributed by atoms with E-state index in [1.54, 1.807) is 0 Å². The Balaban J connectivity index is 1.35. The number of para-hydroxylation sites is 1. The molecule has 1 aromatic heterocycles. The minimum atomic E-state index is -0.341. The normalized spacial score (nSPS) is 21.3. The van der Waals surface area contributed by atoms with Gasteiger partial charge in [-0.3, -0.25) is 19.3 Å². The molecule has 2 heterocycles. The third-order valence-electron chi connectivity index (χ3n) is 7.01. The Morgan fingerprint density at radius 1 is 1.00 bits per heavy atom. The van der Waals surface area contributed by atoms with Crippen molar-refractivity contribution in [2.24, 2.45) is 11.8 Å². The number of benzene rings is 2. The first-order valence-corrected chi connectivity index (χ1v) is 11.8. The van der Waals surface area contributed by atoms with Crippen molar-refractivity contribution >= 4 is 40.2 Å². The quantitative estimate of drug-likeness (QED) is 0.536. The van der Waals surface area contributed by atoms with Crippen molar-refractivity contribution in [2.75, 3.05) is 13.1 Å². The average molecular weight is 464 g/mol. The van der Waals surface area contributed by atoms with Gasteiger partial charge >= 0.3 is 0 Å². The molecule has 1 saturated heterocycles. The fourth-order valence-corrected chi connectivity index (χ4v) is 5.60. The number of aromatic nitrogens is 1. The van der Waals surface area contributed by atoms with Gasteiger partial charge in [-0.2, -0.15) is 0 Å². The summed E-state index contributed by atoms with van der Waals surface area (Å²) >= 11 is 6.53. The van der Waals surface area contributed by atoms with E-state index in [4.69, 9.17) is 11.6 Å². The van der Waals surface area contributed by atoms with Crippen molar-refractivity contribution in [3.05, 3.63) is 70.9 Å². The van der Waals surface area contributed by atoms with Gasteiger partial charge in [0.05, 0.1) is 11.8 Å². The van der Waals surface area contributed by atoms with Crippen LogP contribution >= 0.6 is 11.6 Å². The fraction of sp³-hybridized carbons (Fsp3) is 0.346. The van der Waals surface area contributed by atoms with Crippen molar-refractivity contribution in [1.29, 1.82) is 0 Å². The number of hydrogen-bond acceptors (Lipinski definition) is 3. The zero-order chi connectivity index (χ0) is 22.9. The molecular formula is C26H26ClN3O3. The molecular weight excluding hydrogens is 438 g/mol. The predicted octanol–water partition coefficient (Wildman–Crippen LogP) is 4.24. The Morgan fingerprint density at radius 2 is 1.67 bits per heavy atom. The molecule has 0 unspecified atom stereocenters. The monoisotopic (exact) mass is 463 g/mol. The Bertz CT molecular complexity index is 1200. The number of hydrogen-bond donors (Lipinski definition) is 2. The van der Waals surface area contributed by atoms with Gasteiger partial charge in [-0.25, -0.2) is 0 Å². The van der Waals surface area contributed by atoms with Crippen molar-refractivity contribution in [1.82, 2.24) is 15.2 Å². The van der Waals surface area contributed by atoms with Gasteiger partial charge < -0.3 is 10.3 Å². The summed E-state index contributed by atoms with van der Waals surface area (Å²) in [7, 11) is 0. The molecule has 3 amide bonds. The molecule has 170 valence electrons. The number of fused-ring (bicyclic) bond motifs is 2. The van der Waals surface area contributed by atoms with Crippen LogP contribution in [0.5, 0.6) is 0 Å². The molecule has 1 saturated carbocycles. The summed E-state index contributed by atoms with van der Waals surface area (Å²) in [6.07, 6.45) is 5.35. The number of rotatable bonds is 6. The number of likely N-dealkylation sites (tertiary alicyclic amines) is 1. The third-order valence-corrected chi connectivity index (χ3v) is 7.36. The fourth-order valence-electron chi connectivity index (χ4n) is 5.33. The Hall–Kier alpha value is -3.12. The summed E-state index contributed by atoms with van der Waals surface area (Å²) in [5.41, 5.74) is 2.94. The number of aromatic amines is 1. The van der Waals surface area contributed by atoms with Crippen molar-refractivity contribution in [3.63, 3.8) is 0 Å². The van der Waals surface area contributed by atoms with Crippen molar-refractivity contribution < 1.29 is 14.4 Å². The van der Waals surface area contributed by atoms with Crippen LogP contribution in [0.2, 0.25) is 5.02 Å². The lowest BCUT2D eigenvalue weighted by molar-refractivity contribution is -0.143. The largest absolute Gasteiger partial charge is 0.361 e. The molecule has 2 N–H and O–H groups in total. The molecule has 7 heteroatoms. The van der Waals surface area contributed by atoms with E-state index in [1.807, 2.05) is 54.7 Å². The van der Waals surface area contributed by atoms with E-state index < -0.39 is 0 Å². The van der Waals surface area contributed by atoms with E-state index in [-0.39, 0.29) is 42.0 Å². The van der Waals surface area contributed by atoms with Gasteiger partial charge in [0.2, 0.25) is 17.7 Å². The van der Waals surface area contributed by atoms with Gasteiger partial charge in [0.25, 0.3) is 0 Å². The van der Waals surface area contributed by atoms with E-state index in [9.17, 15) is 14.4 Å². The van der Waals surface area contributed by atoms with Gasteiger partial charge in [0, 0.05) is 34.6 Å². The van der Waals surface area contributed by atoms with Crippen LogP contribution in [0.25, 0.3) is 10.9 Å². The van der Waals surface area contributed by atoms with Crippen LogP contribution in [0, 0.1) is 11.8 Å². The number of carbonyl (C=O) groups excluding carboxylic acids is 3. The molecule has 2 aliphatic rings. The lowest BCUT2D eigenvalue weighted by Crippen LogP contribution is -2.42. The highest BCUT2D eigenvalue weighted by Gasteiger charge is 2.48. The Kier molecular flexibility index (Phi) is 5.94. The number of H-pyrrole nitrogens is 1. The topological polar surface area (TPSA) is 82.3 Å². The third kappa shape index (κ3) is 4.04. The highest BCUT2D eigenvalue weighted by atomic mass is 35.5. The van der Waals surface area contributed by atoms with Gasteiger partial charge in [-0.15, -0.1) is 0 Å². The molecule has 3 atom stereocenters. The van der Waals surface area contributed by atoms with Crippen LogP contribution in [0.3, 0.4) is 0 Å². The smallest absolute Gasteiger partial charge is 0.240 e. The zero-order valence-electron chi connectivity index (χ0n) is 18.2. The highest BCUT2D eigenvalue weighted by Crippen LogP contribution is 2.38. The molecule has 6 nitrogen and oxygen atoms in total. The first-order valence-electron chi connectivity index (χ1n) is 11.5. The van der Waals surface area contributed by atoms with Crippen molar-refractivity contribution in [3.8, 4) is 0 Å². The Morgan fingerprint density at radius 3 is 2.39 bits per heavy atom. The lowest BCUT2D eigenvalue weighted by atomic mass is 9.81. The summed E-state index contributed by atoms with van der Waals surface area (Å²) in [6.45, 7) is 0.0707. The Labute approximate surface area is 197 Å². The van der Waals surface area contributed by atoms with E-state index in [0.29, 0.717) is 11.6 Å². The highest BCUT2D eigenvalue weighted by molar-refractivity contribution is 6.31. The minimum absolute atomic E-state index is 0.189. The van der Waals surface area contributed by atoms with E-state index >= 15 is 0 Å². The maximum atomic E-state index is 12.9. The van der Waals surface area contributed by atoms with E-state index in [0.717, 1.165) is 52.6 Å². The molecule has 3 aromatic rings. The second-order valence-electron chi connectivity index (χ2n) is 8.93. The first-order chi connectivity index (χ1) is 16.0. The van der Waals surface area contributed by atoms with E-state index in [2.05, 4.69) is 10.3 Å². The minimum Gasteiger partial charge on any atom is -0.361 e. The molecule has 0 spiro atoms. The van der Waals surface area contributed by atoms with Gasteiger partial charge in [0.1, 0.15) is 6.54 Å². The molecule has 5 rings (SSSR count). The number of amides is 3. The van der Waals surface area contributed by atoms with Gasteiger partial charge in [0.15, 0.2) is 0 Å². The van der Waals surface area contributed by atoms with Crippen LogP contribution < -0.4 is 5.32 Å². The summed E-state index contributed by atoms with van der Waals surface area (Å²) in [6, 6.07) is 15.6. The summed E-state index contributed by atoms with van der Waals surface area (Å²) in [5.74, 6) is -1.42. The number of nitrogens with one attached hydrogen (secondary N) is 2. The molecule has 1 aliphatic carbocycles. The molecule has 0 bridgehead atoms. The molecule has 2 aromatic carbocycles. The van der Waals surface area contributed by atoms with Crippen molar-refractivity contribution in [2.45, 2.75) is 31.6 Å². The van der Waals surface area contributed by atoms with Crippen LogP contribution in [-0.2, 0) is 14.4 Å². The van der Waals surface area contributed by atoms with Crippen LogP contribution in [-0.4, -0.2) is 40.7 Å². The average Bonchev–Trinajstić information content (AvgIpc) is 3.36. The summed E-state index contributed by atoms with van der Waals surface area (Å²) < 4.78 is 0. The first kappa shape index (κ1) is 21.7. The summed E-state index contributed by atoms with van der Waals surface area (Å²) in [4.78, 5) is 42.8. The van der Waals surface area contributed by atoms with Crippen LogP contribution in [0.15, 0.2) is 54.7 Å². The van der Waals surface area contributed by atoms with Gasteiger partial charge in [-0.1, -0.05) is 60.8 Å². The maximum absolute atomic E-state index is 12.9. The van der Waals surface area contributed by atoms with Crippen LogP contribution in [0.4, 0.5) is 0 Å². The standard InChI is InChI=1S/C26H26ClN3O3/c27-22-11-5-3-7-16(22)20(21-13-28-23-12-6-4-8-17(21)23)14-29-24(31)15-30-25(32)18-9-1-2-10-19(18)26(30)33/h3-8,11-13,18-20,28H,1-2,9-10,14-15H2,(H,29,31)/t18-,19-,20-/m0/s1. The number of halogens is 1. The second-order valence-corrected chi connectivity index (χ2v) is 9.34. The number of imide groups is 1. The molecule has 33 heavy (non-hydrogen) atoms. The molecule has 1 aliphatic heterocycles. The SMILES string of the molecule is O=C(CN1C(=O)[C@H]2CCCC[C@@H]2C1=O)NC[C@@H](c1ccccc1Cl)c1c[nH]c2ccccc12. The maximum Gasteiger partial charge on any atom is 0.240 e. The van der Waals surface area contributed by atoms with E-state index in [1.165, 1.54) is 0 Å². The zero-order valence-corrected chi connectivity index (χ0v) is 19.0. The number of carbonyl (C=O) groups is 3. The molecule has 0 radical (unpaired) electrons. The van der Waals surface area contributed by atoms with Crippen LogP contribution in [0.1, 0.15) is 42.7 Å². The number of nitrogens with zero attached hydrogens (tertiary/aromatic N) is 1.